The second-order valence-electron chi connectivity index (χ2n) is 7.09. The molecule has 5 rings (SSSR count). The minimum Gasteiger partial charge on any atom is -0.431 e. The van der Waals surface area contributed by atoms with Crippen molar-refractivity contribution in [2.75, 3.05) is 5.75 Å². The maximum Gasteiger partial charge on any atom is 0.257 e. The normalized spacial score (nSPS) is 15.7. The lowest BCUT2D eigenvalue weighted by atomic mass is 10.0. The zero-order valence-corrected chi connectivity index (χ0v) is 17.8. The van der Waals surface area contributed by atoms with E-state index in [4.69, 9.17) is 4.42 Å². The average Bonchev–Trinajstić information content (AvgIpc) is 3.21. The highest BCUT2D eigenvalue weighted by molar-refractivity contribution is 7.99. The number of nitrogens with zero attached hydrogens (tertiary/aromatic N) is 1. The van der Waals surface area contributed by atoms with Crippen LogP contribution in [0, 0.1) is 0 Å². The summed E-state index contributed by atoms with van der Waals surface area (Å²) in [6.07, 6.45) is 0.938. The van der Waals surface area contributed by atoms with E-state index in [1.165, 1.54) is 22.2 Å². The van der Waals surface area contributed by atoms with Gasteiger partial charge < -0.3 is 9.73 Å². The number of rotatable bonds is 5. The van der Waals surface area contributed by atoms with Crippen molar-refractivity contribution < 1.29 is 9.21 Å². The van der Waals surface area contributed by atoms with Gasteiger partial charge >= 0.3 is 0 Å². The number of amides is 1. The molecule has 0 unspecified atom stereocenters. The number of carbonyl (C=O) groups is 1. The van der Waals surface area contributed by atoms with Gasteiger partial charge in [0.05, 0.1) is 6.04 Å². The fraction of sp³-hybridized carbons (Fsp3) is 0.167. The van der Waals surface area contributed by atoms with Crippen molar-refractivity contribution in [1.82, 2.24) is 10.3 Å². The molecule has 3 aromatic carbocycles. The summed E-state index contributed by atoms with van der Waals surface area (Å²) in [5.41, 5.74) is 4.51. The molecule has 150 valence electrons. The van der Waals surface area contributed by atoms with E-state index in [1.54, 1.807) is 0 Å². The number of benzene rings is 3. The monoisotopic (exact) mass is 432 g/mol. The first-order valence-corrected chi connectivity index (χ1v) is 11.8. The van der Waals surface area contributed by atoms with Crippen molar-refractivity contribution in [2.24, 2.45) is 0 Å². The second kappa shape index (κ2) is 8.58. The number of hydrogen-bond donors (Lipinski definition) is 1. The molecule has 0 saturated carbocycles. The molecule has 1 aromatic heterocycles. The Morgan fingerprint density at radius 3 is 2.80 bits per heavy atom. The van der Waals surface area contributed by atoms with Crippen LogP contribution in [0.1, 0.15) is 33.9 Å². The fourth-order valence-corrected chi connectivity index (χ4v) is 5.62. The van der Waals surface area contributed by atoms with Crippen LogP contribution in [0.15, 0.2) is 87.3 Å². The number of oxazole rings is 1. The quantitative estimate of drug-likeness (QED) is 0.387. The predicted octanol–water partition coefficient (Wildman–Crippen LogP) is 6.09. The molecule has 0 radical (unpaired) electrons. The van der Waals surface area contributed by atoms with Gasteiger partial charge in [-0.15, -0.1) is 11.8 Å². The summed E-state index contributed by atoms with van der Waals surface area (Å²) in [4.78, 5) is 18.9. The van der Waals surface area contributed by atoms with E-state index in [-0.39, 0.29) is 11.9 Å². The lowest BCUT2D eigenvalue weighted by molar-refractivity contribution is 0.0934. The molecule has 1 aliphatic rings. The molecule has 1 aliphatic heterocycles. The van der Waals surface area contributed by atoms with Crippen LogP contribution in [0.25, 0.3) is 11.1 Å². The van der Waals surface area contributed by atoms with E-state index in [9.17, 15) is 4.79 Å². The smallest absolute Gasteiger partial charge is 0.257 e. The van der Waals surface area contributed by atoms with Crippen LogP contribution in [0.3, 0.4) is 0 Å². The topological polar surface area (TPSA) is 55.1 Å². The molecule has 0 saturated heterocycles. The summed E-state index contributed by atoms with van der Waals surface area (Å²) in [5.74, 6) is 1.60. The maximum atomic E-state index is 13.1. The summed E-state index contributed by atoms with van der Waals surface area (Å²) >= 11 is 3.36. The Morgan fingerprint density at radius 1 is 1.07 bits per heavy atom. The van der Waals surface area contributed by atoms with E-state index in [0.717, 1.165) is 28.8 Å². The Morgan fingerprint density at radius 2 is 1.87 bits per heavy atom. The van der Waals surface area contributed by atoms with E-state index in [2.05, 4.69) is 28.5 Å². The Hall–Kier alpha value is -2.70. The molecule has 0 bridgehead atoms. The first-order valence-electron chi connectivity index (χ1n) is 9.87. The van der Waals surface area contributed by atoms with Crippen LogP contribution in [0.4, 0.5) is 0 Å². The van der Waals surface area contributed by atoms with Crippen LogP contribution in [-0.4, -0.2) is 16.6 Å². The summed E-state index contributed by atoms with van der Waals surface area (Å²) in [5, 5.41) is 3.87. The van der Waals surface area contributed by atoms with Crippen LogP contribution >= 0.6 is 23.5 Å². The molecule has 4 nitrogen and oxygen atoms in total. The van der Waals surface area contributed by atoms with Crippen LogP contribution in [0.5, 0.6) is 0 Å². The minimum absolute atomic E-state index is 0.0320. The van der Waals surface area contributed by atoms with Gasteiger partial charge in [-0.1, -0.05) is 60.3 Å². The van der Waals surface area contributed by atoms with E-state index in [1.807, 2.05) is 66.4 Å². The van der Waals surface area contributed by atoms with Crippen LogP contribution in [0.2, 0.25) is 0 Å². The first kappa shape index (κ1) is 19.3. The van der Waals surface area contributed by atoms with Gasteiger partial charge in [-0.05, 0) is 41.8 Å². The van der Waals surface area contributed by atoms with Gasteiger partial charge in [0, 0.05) is 22.0 Å². The molecule has 30 heavy (non-hydrogen) atoms. The number of hydrogen-bond acceptors (Lipinski definition) is 5. The third-order valence-corrected chi connectivity index (χ3v) is 7.15. The first-order chi connectivity index (χ1) is 14.8. The van der Waals surface area contributed by atoms with Gasteiger partial charge in [-0.25, -0.2) is 4.98 Å². The fourth-order valence-electron chi connectivity index (χ4n) is 3.65. The Balaban J connectivity index is 1.32. The van der Waals surface area contributed by atoms with Crippen LogP contribution in [-0.2, 0) is 5.75 Å². The average molecular weight is 433 g/mol. The molecule has 6 heteroatoms. The van der Waals surface area contributed by atoms with Crippen molar-refractivity contribution >= 4 is 40.5 Å². The number of aromatic nitrogens is 1. The number of thioether (sulfide) groups is 2. The van der Waals surface area contributed by atoms with Gasteiger partial charge in [-0.3, -0.25) is 4.79 Å². The number of nitrogens with one attached hydrogen (secondary N) is 1. The van der Waals surface area contributed by atoms with Gasteiger partial charge in [0.25, 0.3) is 11.1 Å². The van der Waals surface area contributed by atoms with Crippen molar-refractivity contribution in [1.29, 1.82) is 0 Å². The summed E-state index contributed by atoms with van der Waals surface area (Å²) < 4.78 is 5.80. The van der Waals surface area contributed by atoms with E-state index >= 15 is 0 Å². The van der Waals surface area contributed by atoms with E-state index < -0.39 is 0 Å². The van der Waals surface area contributed by atoms with Crippen molar-refractivity contribution in [3.05, 3.63) is 89.5 Å². The lowest BCUT2D eigenvalue weighted by Gasteiger charge is -2.26. The molecule has 1 N–H and O–H groups in total. The molecule has 0 spiro atoms. The van der Waals surface area contributed by atoms with Crippen molar-refractivity contribution in [3.63, 3.8) is 0 Å². The molecular weight excluding hydrogens is 412 g/mol. The molecule has 4 aromatic rings. The zero-order chi connectivity index (χ0) is 20.3. The molecule has 0 aliphatic carbocycles. The standard InChI is InChI=1S/C24H20N2O2S2/c27-23(25-19-13-14-29-22-12-6-3-9-18(19)22)17-8-2-1-7-16(17)15-30-24-26-20-10-4-5-11-21(20)28-24/h1-12,19H,13-15H2,(H,25,27)/t19-/m0/s1. The van der Waals surface area contributed by atoms with Crippen molar-refractivity contribution in [3.8, 4) is 0 Å². The third-order valence-electron chi connectivity index (χ3n) is 5.15. The van der Waals surface area contributed by atoms with Crippen LogP contribution < -0.4 is 5.32 Å². The molecular formula is C24H20N2O2S2. The molecule has 1 atom stereocenters. The third kappa shape index (κ3) is 3.98. The zero-order valence-electron chi connectivity index (χ0n) is 16.2. The van der Waals surface area contributed by atoms with Gasteiger partial charge in [0.2, 0.25) is 0 Å². The molecule has 1 amide bonds. The van der Waals surface area contributed by atoms with Gasteiger partial charge in [0.1, 0.15) is 5.52 Å². The second-order valence-corrected chi connectivity index (χ2v) is 9.16. The predicted molar refractivity (Wildman–Crippen MR) is 122 cm³/mol. The van der Waals surface area contributed by atoms with Crippen molar-refractivity contribution in [2.45, 2.75) is 28.3 Å². The summed E-state index contributed by atoms with van der Waals surface area (Å²) in [6.45, 7) is 0. The molecule has 2 heterocycles. The number of para-hydroxylation sites is 2. The van der Waals surface area contributed by atoms with E-state index in [0.29, 0.717) is 16.5 Å². The van der Waals surface area contributed by atoms with Gasteiger partial charge in [-0.2, -0.15) is 0 Å². The highest BCUT2D eigenvalue weighted by Gasteiger charge is 2.23. The largest absolute Gasteiger partial charge is 0.431 e. The Labute approximate surface area is 183 Å². The number of fused-ring (bicyclic) bond motifs is 2. The Kier molecular flexibility index (Phi) is 5.51. The number of carbonyl (C=O) groups excluding carboxylic acids is 1. The van der Waals surface area contributed by atoms with Gasteiger partial charge in [0.15, 0.2) is 5.58 Å². The highest BCUT2D eigenvalue weighted by atomic mass is 32.2. The summed E-state index contributed by atoms with van der Waals surface area (Å²) in [6, 6.07) is 23.9. The molecule has 0 fully saturated rings. The summed E-state index contributed by atoms with van der Waals surface area (Å²) in [7, 11) is 0. The highest BCUT2D eigenvalue weighted by Crippen LogP contribution is 2.36. The lowest BCUT2D eigenvalue weighted by Crippen LogP contribution is -2.31. The SMILES string of the molecule is O=C(N[C@H]1CCSc2ccccc21)c1ccccc1CSc1nc2ccccc2o1. The maximum absolute atomic E-state index is 13.1. The minimum atomic E-state index is -0.0320. The Bertz CT molecular complexity index is 1170.